The van der Waals surface area contributed by atoms with Gasteiger partial charge in [-0.25, -0.2) is 0 Å². The summed E-state index contributed by atoms with van der Waals surface area (Å²) in [5, 5.41) is 14.4. The average Bonchev–Trinajstić information content (AvgIpc) is 2.67. The number of phenolic OH excluding ortho intramolecular Hbond substituents is 1. The number of aryl methyl sites for hydroxylation is 1. The molecule has 3 rings (SSSR count). The van der Waals surface area contributed by atoms with Crippen LogP contribution in [0, 0.1) is 0 Å². The minimum Gasteiger partial charge on any atom is -0.507 e. The SMILES string of the molecule is COc1ccc(CCC(=O)Nc2cccc3c(O)cccc23)cc1OC. The van der Waals surface area contributed by atoms with Crippen molar-refractivity contribution in [2.24, 2.45) is 0 Å². The minimum absolute atomic E-state index is 0.0874. The third kappa shape index (κ3) is 3.72. The molecule has 0 spiro atoms. The zero-order valence-corrected chi connectivity index (χ0v) is 14.8. The standard InChI is InChI=1S/C21H21NO4/c1-25-19-11-9-14(13-20(19)26-2)10-12-21(24)22-17-7-3-6-16-15(17)5-4-8-18(16)23/h3-9,11,13,23H,10,12H2,1-2H3,(H,22,24). The van der Waals surface area contributed by atoms with Gasteiger partial charge >= 0.3 is 0 Å². The van der Waals surface area contributed by atoms with Crippen LogP contribution in [0.1, 0.15) is 12.0 Å². The van der Waals surface area contributed by atoms with Gasteiger partial charge in [-0.05, 0) is 36.2 Å². The molecule has 0 aliphatic carbocycles. The number of ether oxygens (including phenoxy) is 2. The second-order valence-corrected chi connectivity index (χ2v) is 5.92. The normalized spacial score (nSPS) is 10.5. The van der Waals surface area contributed by atoms with E-state index in [4.69, 9.17) is 9.47 Å². The van der Waals surface area contributed by atoms with Crippen molar-refractivity contribution >= 4 is 22.4 Å². The number of carbonyl (C=O) groups is 1. The van der Waals surface area contributed by atoms with Gasteiger partial charge in [0, 0.05) is 22.9 Å². The summed E-state index contributed by atoms with van der Waals surface area (Å²) in [6, 6.07) is 16.4. The molecule has 5 heteroatoms. The minimum atomic E-state index is -0.0874. The molecule has 0 bridgehead atoms. The third-order valence-corrected chi connectivity index (χ3v) is 4.26. The Morgan fingerprint density at radius 2 is 1.69 bits per heavy atom. The van der Waals surface area contributed by atoms with Crippen molar-refractivity contribution in [1.29, 1.82) is 0 Å². The summed E-state index contributed by atoms with van der Waals surface area (Å²) in [6.45, 7) is 0. The van der Waals surface area contributed by atoms with E-state index < -0.39 is 0 Å². The third-order valence-electron chi connectivity index (χ3n) is 4.26. The number of amides is 1. The molecule has 3 aromatic rings. The topological polar surface area (TPSA) is 67.8 Å². The average molecular weight is 351 g/mol. The lowest BCUT2D eigenvalue weighted by Crippen LogP contribution is -2.12. The van der Waals surface area contributed by atoms with Crippen LogP contribution in [0.4, 0.5) is 5.69 Å². The van der Waals surface area contributed by atoms with Crippen LogP contribution >= 0.6 is 0 Å². The Morgan fingerprint density at radius 3 is 2.46 bits per heavy atom. The van der Waals surface area contributed by atoms with Crippen molar-refractivity contribution in [1.82, 2.24) is 0 Å². The molecular formula is C21H21NO4. The molecule has 0 fully saturated rings. The van der Waals surface area contributed by atoms with E-state index in [2.05, 4.69) is 5.32 Å². The summed E-state index contributed by atoms with van der Waals surface area (Å²) in [6.07, 6.45) is 0.924. The molecule has 0 unspecified atom stereocenters. The first-order valence-corrected chi connectivity index (χ1v) is 8.34. The molecule has 0 radical (unpaired) electrons. The van der Waals surface area contributed by atoms with Crippen LogP contribution in [0.25, 0.3) is 10.8 Å². The highest BCUT2D eigenvalue weighted by Gasteiger charge is 2.09. The molecule has 1 amide bonds. The van der Waals surface area contributed by atoms with Gasteiger partial charge < -0.3 is 19.9 Å². The number of phenols is 1. The number of nitrogens with one attached hydrogen (secondary N) is 1. The Balaban J connectivity index is 1.69. The van der Waals surface area contributed by atoms with E-state index in [1.807, 2.05) is 42.5 Å². The van der Waals surface area contributed by atoms with Crippen molar-refractivity contribution in [3.05, 3.63) is 60.2 Å². The van der Waals surface area contributed by atoms with Crippen molar-refractivity contribution in [2.75, 3.05) is 19.5 Å². The summed E-state index contributed by atoms with van der Waals surface area (Å²) in [7, 11) is 3.18. The molecule has 0 aliphatic rings. The maximum atomic E-state index is 12.4. The largest absolute Gasteiger partial charge is 0.507 e. The van der Waals surface area contributed by atoms with Gasteiger partial charge in [0.05, 0.1) is 14.2 Å². The molecule has 2 N–H and O–H groups in total. The summed E-state index contributed by atoms with van der Waals surface area (Å²) in [4.78, 5) is 12.4. The van der Waals surface area contributed by atoms with E-state index in [0.717, 1.165) is 10.9 Å². The highest BCUT2D eigenvalue weighted by molar-refractivity contribution is 6.03. The van der Waals surface area contributed by atoms with E-state index in [1.54, 1.807) is 26.4 Å². The number of hydrogen-bond donors (Lipinski definition) is 2. The van der Waals surface area contributed by atoms with Gasteiger partial charge in [-0.3, -0.25) is 4.79 Å². The molecule has 0 atom stereocenters. The zero-order chi connectivity index (χ0) is 18.5. The number of fused-ring (bicyclic) bond motifs is 1. The van der Waals surface area contributed by atoms with E-state index in [9.17, 15) is 9.90 Å². The maximum absolute atomic E-state index is 12.4. The monoisotopic (exact) mass is 351 g/mol. The van der Waals surface area contributed by atoms with Gasteiger partial charge in [-0.2, -0.15) is 0 Å². The quantitative estimate of drug-likeness (QED) is 0.700. The maximum Gasteiger partial charge on any atom is 0.224 e. The fourth-order valence-electron chi connectivity index (χ4n) is 2.91. The lowest BCUT2D eigenvalue weighted by Gasteiger charge is -2.11. The van der Waals surface area contributed by atoms with Crippen LogP contribution < -0.4 is 14.8 Å². The Hall–Kier alpha value is -3.21. The number of aromatic hydroxyl groups is 1. The van der Waals surface area contributed by atoms with Crippen molar-refractivity contribution in [3.63, 3.8) is 0 Å². The number of anilines is 1. The summed E-state index contributed by atoms with van der Waals surface area (Å²) < 4.78 is 10.5. The molecule has 0 heterocycles. The van der Waals surface area contributed by atoms with E-state index in [-0.39, 0.29) is 11.7 Å². The molecule has 0 saturated heterocycles. The molecule has 0 aromatic heterocycles. The van der Waals surface area contributed by atoms with Gasteiger partial charge in [-0.15, -0.1) is 0 Å². The molecule has 0 aliphatic heterocycles. The van der Waals surface area contributed by atoms with Gasteiger partial charge in [0.15, 0.2) is 11.5 Å². The van der Waals surface area contributed by atoms with E-state index in [1.165, 1.54) is 0 Å². The number of rotatable bonds is 6. The highest BCUT2D eigenvalue weighted by Crippen LogP contribution is 2.30. The number of methoxy groups -OCH3 is 2. The van der Waals surface area contributed by atoms with Crippen LogP contribution in [0.3, 0.4) is 0 Å². The first kappa shape index (κ1) is 17.6. The highest BCUT2D eigenvalue weighted by atomic mass is 16.5. The van der Waals surface area contributed by atoms with Crippen LogP contribution in [0.2, 0.25) is 0 Å². The first-order valence-electron chi connectivity index (χ1n) is 8.34. The predicted molar refractivity (Wildman–Crippen MR) is 102 cm³/mol. The molecule has 5 nitrogen and oxygen atoms in total. The fraction of sp³-hybridized carbons (Fsp3) is 0.190. The molecule has 3 aromatic carbocycles. The van der Waals surface area contributed by atoms with Gasteiger partial charge in [0.25, 0.3) is 0 Å². The smallest absolute Gasteiger partial charge is 0.224 e. The van der Waals surface area contributed by atoms with Gasteiger partial charge in [-0.1, -0.05) is 30.3 Å². The Kier molecular flexibility index (Phi) is 5.27. The Bertz CT molecular complexity index is 936. The summed E-state index contributed by atoms with van der Waals surface area (Å²) in [5.74, 6) is 1.42. The van der Waals surface area contributed by atoms with Crippen molar-refractivity contribution in [3.8, 4) is 17.2 Å². The second-order valence-electron chi connectivity index (χ2n) is 5.92. The van der Waals surface area contributed by atoms with Crippen LogP contribution in [0.5, 0.6) is 17.2 Å². The predicted octanol–water partition coefficient (Wildman–Crippen LogP) is 4.13. The Morgan fingerprint density at radius 1 is 0.962 bits per heavy atom. The Labute approximate surface area is 152 Å². The number of carbonyl (C=O) groups excluding carboxylic acids is 1. The second kappa shape index (κ2) is 7.78. The molecule has 26 heavy (non-hydrogen) atoms. The molecular weight excluding hydrogens is 330 g/mol. The number of hydrogen-bond acceptors (Lipinski definition) is 4. The lowest BCUT2D eigenvalue weighted by atomic mass is 10.1. The van der Waals surface area contributed by atoms with Crippen molar-refractivity contribution in [2.45, 2.75) is 12.8 Å². The zero-order valence-electron chi connectivity index (χ0n) is 14.8. The van der Waals surface area contributed by atoms with Crippen LogP contribution in [0.15, 0.2) is 54.6 Å². The van der Waals surface area contributed by atoms with E-state index in [0.29, 0.717) is 35.4 Å². The van der Waals surface area contributed by atoms with E-state index >= 15 is 0 Å². The van der Waals surface area contributed by atoms with Crippen molar-refractivity contribution < 1.29 is 19.4 Å². The first-order chi connectivity index (χ1) is 12.6. The summed E-state index contributed by atoms with van der Waals surface area (Å²) in [5.41, 5.74) is 1.68. The van der Waals surface area contributed by atoms with Gasteiger partial charge in [0.2, 0.25) is 5.91 Å². The molecule has 0 saturated carbocycles. The summed E-state index contributed by atoms with van der Waals surface area (Å²) >= 11 is 0. The lowest BCUT2D eigenvalue weighted by molar-refractivity contribution is -0.116. The van der Waals surface area contributed by atoms with Gasteiger partial charge in [0.1, 0.15) is 5.75 Å². The van der Waals surface area contributed by atoms with Crippen LogP contribution in [-0.2, 0) is 11.2 Å². The molecule has 134 valence electrons. The fourth-order valence-corrected chi connectivity index (χ4v) is 2.91. The number of benzene rings is 3. The van der Waals surface area contributed by atoms with Crippen LogP contribution in [-0.4, -0.2) is 25.2 Å².